The van der Waals surface area contributed by atoms with E-state index in [1.54, 1.807) is 0 Å². The van der Waals surface area contributed by atoms with Gasteiger partial charge in [-0.2, -0.15) is 0 Å². The standard InChI is InChI=1S/C26H41N3O2.C9H15NO3/c1-24(2,3)31-23(30)29-18-21(19-29)17-28-16-15-25(20-28)11-13-26(14-12-25,27(4)5)22-9-7-6-8-10-22;1-9(2,3)13-8(12)10-4-7(5-10)6-11/h6-10,21H,11-20H2,1-5H3;6-7H,4-5H2,1-3H3. The Kier molecular flexibility index (Phi) is 10.4. The molecule has 3 aliphatic heterocycles. The Labute approximate surface area is 265 Å². The second-order valence-electron chi connectivity index (χ2n) is 15.8. The second-order valence-corrected chi connectivity index (χ2v) is 15.8. The average molecular weight is 613 g/mol. The molecule has 9 nitrogen and oxygen atoms in total. The number of hydrogen-bond acceptors (Lipinski definition) is 7. The van der Waals surface area contributed by atoms with Crippen molar-refractivity contribution in [3.8, 4) is 0 Å². The van der Waals surface area contributed by atoms with Crippen LogP contribution in [0.3, 0.4) is 0 Å². The lowest BCUT2D eigenvalue weighted by Gasteiger charge is -2.49. The monoisotopic (exact) mass is 612 g/mol. The van der Waals surface area contributed by atoms with Gasteiger partial charge in [-0.25, -0.2) is 9.59 Å². The fourth-order valence-electron chi connectivity index (χ4n) is 7.13. The third-order valence-corrected chi connectivity index (χ3v) is 9.70. The molecule has 4 fully saturated rings. The van der Waals surface area contributed by atoms with E-state index in [2.05, 4.69) is 54.2 Å². The van der Waals surface area contributed by atoms with E-state index in [4.69, 9.17) is 9.47 Å². The van der Waals surface area contributed by atoms with E-state index in [1.165, 1.54) is 55.7 Å². The number of hydrogen-bond donors (Lipinski definition) is 0. The van der Waals surface area contributed by atoms with E-state index < -0.39 is 11.2 Å². The topological polar surface area (TPSA) is 82.6 Å². The number of benzene rings is 1. The van der Waals surface area contributed by atoms with E-state index in [1.807, 2.05) is 46.4 Å². The van der Waals surface area contributed by atoms with E-state index in [0.29, 0.717) is 24.4 Å². The van der Waals surface area contributed by atoms with Crippen LogP contribution in [0.4, 0.5) is 9.59 Å². The van der Waals surface area contributed by atoms with Crippen LogP contribution in [0.2, 0.25) is 0 Å². The molecule has 2 amide bonds. The molecule has 1 aromatic rings. The fraction of sp³-hybridized carbons (Fsp3) is 0.743. The largest absolute Gasteiger partial charge is 0.444 e. The summed E-state index contributed by atoms with van der Waals surface area (Å²) in [5, 5.41) is 0. The van der Waals surface area contributed by atoms with Crippen LogP contribution in [0.15, 0.2) is 30.3 Å². The van der Waals surface area contributed by atoms with Gasteiger partial charge in [0.15, 0.2) is 0 Å². The maximum Gasteiger partial charge on any atom is 0.410 e. The first-order valence-electron chi connectivity index (χ1n) is 16.4. The molecule has 0 bridgehead atoms. The minimum absolute atomic E-state index is 0.00696. The van der Waals surface area contributed by atoms with Crippen LogP contribution in [-0.4, -0.2) is 109 Å². The molecule has 1 saturated carbocycles. The molecule has 1 aliphatic carbocycles. The Morgan fingerprint density at radius 1 is 0.841 bits per heavy atom. The Balaban J connectivity index is 0.000000285. The third kappa shape index (κ3) is 8.53. The van der Waals surface area contributed by atoms with Gasteiger partial charge in [-0.1, -0.05) is 30.3 Å². The van der Waals surface area contributed by atoms with E-state index in [0.717, 1.165) is 25.9 Å². The van der Waals surface area contributed by atoms with Gasteiger partial charge >= 0.3 is 12.2 Å². The summed E-state index contributed by atoms with van der Waals surface area (Å²) in [6.45, 7) is 17.5. The van der Waals surface area contributed by atoms with Gasteiger partial charge in [-0.05, 0) is 105 Å². The lowest BCUT2D eigenvalue weighted by molar-refractivity contribution is -0.115. The lowest BCUT2D eigenvalue weighted by atomic mass is 9.64. The summed E-state index contributed by atoms with van der Waals surface area (Å²) in [5.41, 5.74) is 1.28. The molecule has 4 aliphatic rings. The van der Waals surface area contributed by atoms with Crippen molar-refractivity contribution in [2.45, 2.75) is 90.4 Å². The zero-order valence-corrected chi connectivity index (χ0v) is 28.4. The molecule has 0 unspecified atom stereocenters. The van der Waals surface area contributed by atoms with Crippen molar-refractivity contribution < 1.29 is 23.9 Å². The molecule has 1 aromatic carbocycles. The van der Waals surface area contributed by atoms with Gasteiger partial charge in [0.1, 0.15) is 17.5 Å². The number of amides is 2. The van der Waals surface area contributed by atoms with Crippen molar-refractivity contribution in [2.75, 3.05) is 59.9 Å². The zero-order valence-electron chi connectivity index (χ0n) is 28.4. The highest BCUT2D eigenvalue weighted by molar-refractivity contribution is 5.71. The molecule has 0 atom stereocenters. The van der Waals surface area contributed by atoms with E-state index >= 15 is 0 Å². The maximum absolute atomic E-state index is 12.2. The highest BCUT2D eigenvalue weighted by atomic mass is 16.6. The van der Waals surface area contributed by atoms with Gasteiger partial charge in [-0.3, -0.25) is 4.90 Å². The Morgan fingerprint density at radius 3 is 1.84 bits per heavy atom. The van der Waals surface area contributed by atoms with Gasteiger partial charge in [0.2, 0.25) is 0 Å². The predicted molar refractivity (Wildman–Crippen MR) is 172 cm³/mol. The van der Waals surface area contributed by atoms with Crippen LogP contribution in [0.25, 0.3) is 0 Å². The van der Waals surface area contributed by atoms with Crippen LogP contribution in [0, 0.1) is 17.3 Å². The first kappa shape index (κ1) is 34.2. The number of likely N-dealkylation sites (tertiary alicyclic amines) is 3. The number of rotatable bonds is 5. The van der Waals surface area contributed by atoms with Gasteiger partial charge in [0.05, 0.1) is 5.92 Å². The summed E-state index contributed by atoms with van der Waals surface area (Å²) < 4.78 is 10.6. The third-order valence-electron chi connectivity index (χ3n) is 9.70. The van der Waals surface area contributed by atoms with E-state index in [-0.39, 0.29) is 23.6 Å². The van der Waals surface area contributed by atoms with Crippen LogP contribution in [0.5, 0.6) is 0 Å². The minimum atomic E-state index is -0.455. The summed E-state index contributed by atoms with van der Waals surface area (Å²) >= 11 is 0. The summed E-state index contributed by atoms with van der Waals surface area (Å²) in [6.07, 6.45) is 6.83. The molecule has 246 valence electrons. The van der Waals surface area contributed by atoms with Crippen LogP contribution >= 0.6 is 0 Å². The normalized spacial score (nSPS) is 26.5. The number of nitrogens with zero attached hydrogens (tertiary/aromatic N) is 4. The predicted octanol–water partition coefficient (Wildman–Crippen LogP) is 5.63. The lowest BCUT2D eigenvalue weighted by Crippen LogP contribution is -2.55. The molecule has 5 rings (SSSR count). The summed E-state index contributed by atoms with van der Waals surface area (Å²) in [7, 11) is 4.50. The van der Waals surface area contributed by atoms with Gasteiger partial charge in [0.25, 0.3) is 0 Å². The Hall–Kier alpha value is -2.65. The van der Waals surface area contributed by atoms with Gasteiger partial charge < -0.3 is 29.0 Å². The summed E-state index contributed by atoms with van der Waals surface area (Å²) in [5.74, 6) is 0.601. The van der Waals surface area contributed by atoms with Gasteiger partial charge in [-0.15, -0.1) is 0 Å². The maximum atomic E-state index is 12.2. The van der Waals surface area contributed by atoms with Crippen LogP contribution in [-0.2, 0) is 19.8 Å². The molecule has 3 saturated heterocycles. The van der Waals surface area contributed by atoms with Crippen molar-refractivity contribution in [1.82, 2.24) is 19.6 Å². The Morgan fingerprint density at radius 2 is 1.36 bits per heavy atom. The SMILES string of the molecule is CC(C)(C)OC(=O)N1CC(C=O)C1.CN(C)C1(c2ccccc2)CCC2(CCN(CC3CN(C(=O)OC(C)(C)C)C3)C2)CC1. The van der Waals surface area contributed by atoms with Crippen molar-refractivity contribution in [3.63, 3.8) is 0 Å². The fourth-order valence-corrected chi connectivity index (χ4v) is 7.13. The van der Waals surface area contributed by atoms with Crippen LogP contribution in [0.1, 0.15) is 79.2 Å². The molecular weight excluding hydrogens is 556 g/mol. The molecule has 3 heterocycles. The number of carbonyl (C=O) groups is 3. The number of aldehydes is 1. The average Bonchev–Trinajstić information content (AvgIpc) is 3.26. The van der Waals surface area contributed by atoms with Gasteiger partial charge in [0, 0.05) is 50.7 Å². The van der Waals surface area contributed by atoms with Crippen molar-refractivity contribution >= 4 is 18.5 Å². The second kappa shape index (κ2) is 13.4. The molecule has 0 radical (unpaired) electrons. The minimum Gasteiger partial charge on any atom is -0.444 e. The molecule has 0 aromatic heterocycles. The van der Waals surface area contributed by atoms with Crippen molar-refractivity contribution in [3.05, 3.63) is 35.9 Å². The van der Waals surface area contributed by atoms with Crippen LogP contribution < -0.4 is 0 Å². The zero-order chi connectivity index (χ0) is 32.3. The number of ether oxygens (including phenoxy) is 2. The van der Waals surface area contributed by atoms with E-state index in [9.17, 15) is 14.4 Å². The first-order chi connectivity index (χ1) is 20.5. The number of carbonyl (C=O) groups excluding carboxylic acids is 3. The molecule has 9 heteroatoms. The summed E-state index contributed by atoms with van der Waals surface area (Å²) in [6, 6.07) is 11.1. The highest BCUT2D eigenvalue weighted by Gasteiger charge is 2.48. The van der Waals surface area contributed by atoms with Crippen molar-refractivity contribution in [2.24, 2.45) is 17.3 Å². The first-order valence-corrected chi connectivity index (χ1v) is 16.4. The highest BCUT2D eigenvalue weighted by Crippen LogP contribution is 2.52. The molecule has 44 heavy (non-hydrogen) atoms. The Bertz CT molecular complexity index is 1120. The molecular formula is C35H56N4O5. The van der Waals surface area contributed by atoms with Crippen molar-refractivity contribution in [1.29, 1.82) is 0 Å². The summed E-state index contributed by atoms with van der Waals surface area (Å²) in [4.78, 5) is 42.3. The molecule has 1 spiro atoms. The smallest absolute Gasteiger partial charge is 0.410 e. The quantitative estimate of drug-likeness (QED) is 0.399. The molecule has 0 N–H and O–H groups in total.